The number of anilines is 1. The standard InChI is InChI=1S/C18H17NO3/c20-15-8-9-19(14-4-2-1-3-5-14)16(11-15)13-6-7-17-18(10-13)22-12-21-17/h1-7,10,16H,8-9,11-12H2. The zero-order valence-corrected chi connectivity index (χ0v) is 12.2. The van der Waals surface area contributed by atoms with Crippen molar-refractivity contribution in [2.75, 3.05) is 18.2 Å². The van der Waals surface area contributed by atoms with Gasteiger partial charge in [0.1, 0.15) is 5.78 Å². The lowest BCUT2D eigenvalue weighted by molar-refractivity contribution is -0.120. The van der Waals surface area contributed by atoms with Gasteiger partial charge in [0.25, 0.3) is 0 Å². The lowest BCUT2D eigenvalue weighted by Gasteiger charge is -2.37. The molecule has 1 fully saturated rings. The summed E-state index contributed by atoms with van der Waals surface area (Å²) in [4.78, 5) is 14.3. The van der Waals surface area contributed by atoms with Gasteiger partial charge < -0.3 is 14.4 Å². The van der Waals surface area contributed by atoms with Gasteiger partial charge in [-0.1, -0.05) is 24.3 Å². The molecule has 0 N–H and O–H groups in total. The van der Waals surface area contributed by atoms with Crippen LogP contribution in [0.15, 0.2) is 48.5 Å². The summed E-state index contributed by atoms with van der Waals surface area (Å²) in [6.45, 7) is 1.02. The van der Waals surface area contributed by atoms with Crippen molar-refractivity contribution in [1.82, 2.24) is 0 Å². The molecule has 2 aliphatic rings. The van der Waals surface area contributed by atoms with Crippen molar-refractivity contribution in [2.45, 2.75) is 18.9 Å². The van der Waals surface area contributed by atoms with E-state index in [0.717, 1.165) is 29.3 Å². The SMILES string of the molecule is O=C1CCN(c2ccccc2)C(c2ccc3c(c2)OCO3)C1. The number of nitrogens with zero attached hydrogens (tertiary/aromatic N) is 1. The van der Waals surface area contributed by atoms with E-state index in [1.165, 1.54) is 0 Å². The molecule has 0 aliphatic carbocycles. The monoisotopic (exact) mass is 295 g/mol. The number of carbonyl (C=O) groups is 1. The van der Waals surface area contributed by atoms with Crippen LogP contribution in [-0.2, 0) is 4.79 Å². The number of hydrogen-bond acceptors (Lipinski definition) is 4. The highest BCUT2D eigenvalue weighted by Crippen LogP contribution is 2.39. The highest BCUT2D eigenvalue weighted by molar-refractivity contribution is 5.82. The van der Waals surface area contributed by atoms with Crippen molar-refractivity contribution in [2.24, 2.45) is 0 Å². The van der Waals surface area contributed by atoms with Gasteiger partial charge >= 0.3 is 0 Å². The number of ketones is 1. The van der Waals surface area contributed by atoms with E-state index in [2.05, 4.69) is 17.0 Å². The van der Waals surface area contributed by atoms with E-state index in [9.17, 15) is 4.79 Å². The Kier molecular flexibility index (Phi) is 3.22. The molecule has 4 nitrogen and oxygen atoms in total. The molecular weight excluding hydrogens is 278 g/mol. The summed E-state index contributed by atoms with van der Waals surface area (Å²) in [6, 6.07) is 16.3. The first-order valence-electron chi connectivity index (χ1n) is 7.54. The summed E-state index contributed by atoms with van der Waals surface area (Å²) in [6.07, 6.45) is 1.14. The molecule has 112 valence electrons. The molecule has 1 unspecified atom stereocenters. The molecule has 0 aromatic heterocycles. The third kappa shape index (κ3) is 2.30. The Labute approximate surface area is 129 Å². The molecule has 0 saturated carbocycles. The van der Waals surface area contributed by atoms with Crippen LogP contribution in [0.4, 0.5) is 5.69 Å². The van der Waals surface area contributed by atoms with E-state index in [1.54, 1.807) is 0 Å². The molecule has 1 atom stereocenters. The summed E-state index contributed by atoms with van der Waals surface area (Å²) in [5, 5.41) is 0. The molecule has 4 heteroatoms. The van der Waals surface area contributed by atoms with Gasteiger partial charge in [0.05, 0.1) is 6.04 Å². The second-order valence-electron chi connectivity index (χ2n) is 5.65. The van der Waals surface area contributed by atoms with Gasteiger partial charge in [-0.05, 0) is 29.8 Å². The molecule has 0 amide bonds. The van der Waals surface area contributed by atoms with Crippen molar-refractivity contribution < 1.29 is 14.3 Å². The van der Waals surface area contributed by atoms with E-state index in [-0.39, 0.29) is 12.8 Å². The number of Topliss-reactive ketones (excluding diaryl/α,β-unsaturated/α-hetero) is 1. The maximum absolute atomic E-state index is 12.0. The minimum Gasteiger partial charge on any atom is -0.454 e. The average molecular weight is 295 g/mol. The topological polar surface area (TPSA) is 38.8 Å². The minimum atomic E-state index is 0.0538. The van der Waals surface area contributed by atoms with Crippen molar-refractivity contribution in [1.29, 1.82) is 0 Å². The summed E-state index contributed by atoms with van der Waals surface area (Å²) < 4.78 is 10.8. The van der Waals surface area contributed by atoms with E-state index in [4.69, 9.17) is 9.47 Å². The Morgan fingerprint density at radius 2 is 1.82 bits per heavy atom. The van der Waals surface area contributed by atoms with Crippen LogP contribution in [-0.4, -0.2) is 19.1 Å². The van der Waals surface area contributed by atoms with Crippen LogP contribution in [0.2, 0.25) is 0 Å². The van der Waals surface area contributed by atoms with Gasteiger partial charge in [-0.3, -0.25) is 4.79 Å². The van der Waals surface area contributed by atoms with Crippen LogP contribution in [0.25, 0.3) is 0 Å². The molecule has 2 aromatic carbocycles. The Bertz CT molecular complexity index is 699. The fourth-order valence-electron chi connectivity index (χ4n) is 3.18. The van der Waals surface area contributed by atoms with Gasteiger partial charge in [0.15, 0.2) is 11.5 Å². The van der Waals surface area contributed by atoms with Crippen molar-refractivity contribution >= 4 is 11.5 Å². The number of para-hydroxylation sites is 1. The van der Waals surface area contributed by atoms with Crippen molar-refractivity contribution in [3.8, 4) is 11.5 Å². The Hall–Kier alpha value is -2.49. The molecular formula is C18H17NO3. The first-order chi connectivity index (χ1) is 10.8. The zero-order chi connectivity index (χ0) is 14.9. The lowest BCUT2D eigenvalue weighted by atomic mass is 9.93. The molecule has 4 rings (SSSR count). The number of piperidine rings is 1. The number of benzene rings is 2. The van der Waals surface area contributed by atoms with E-state index < -0.39 is 0 Å². The molecule has 0 spiro atoms. The first-order valence-corrected chi connectivity index (χ1v) is 7.54. The van der Waals surface area contributed by atoms with E-state index >= 15 is 0 Å². The van der Waals surface area contributed by atoms with E-state index in [0.29, 0.717) is 18.6 Å². The van der Waals surface area contributed by atoms with Crippen LogP contribution < -0.4 is 14.4 Å². The normalized spacial score (nSPS) is 20.3. The largest absolute Gasteiger partial charge is 0.454 e. The van der Waals surface area contributed by atoms with Crippen molar-refractivity contribution in [3.63, 3.8) is 0 Å². The maximum atomic E-state index is 12.0. The van der Waals surface area contributed by atoms with Crippen LogP contribution in [0, 0.1) is 0 Å². The van der Waals surface area contributed by atoms with Crippen LogP contribution in [0.5, 0.6) is 11.5 Å². The fourth-order valence-corrected chi connectivity index (χ4v) is 3.18. The van der Waals surface area contributed by atoms with Crippen LogP contribution >= 0.6 is 0 Å². The molecule has 1 saturated heterocycles. The highest BCUT2D eigenvalue weighted by atomic mass is 16.7. The third-order valence-corrected chi connectivity index (χ3v) is 4.30. The Morgan fingerprint density at radius 3 is 2.68 bits per heavy atom. The molecule has 0 bridgehead atoms. The van der Waals surface area contributed by atoms with Crippen LogP contribution in [0.1, 0.15) is 24.4 Å². The zero-order valence-electron chi connectivity index (χ0n) is 12.2. The summed E-state index contributed by atoms with van der Waals surface area (Å²) >= 11 is 0. The van der Waals surface area contributed by atoms with Crippen molar-refractivity contribution in [3.05, 3.63) is 54.1 Å². The van der Waals surface area contributed by atoms with Gasteiger partial charge in [-0.15, -0.1) is 0 Å². The first kappa shape index (κ1) is 13.2. The maximum Gasteiger partial charge on any atom is 0.231 e. The highest BCUT2D eigenvalue weighted by Gasteiger charge is 2.29. The smallest absolute Gasteiger partial charge is 0.231 e. The summed E-state index contributed by atoms with van der Waals surface area (Å²) in [5.41, 5.74) is 2.25. The van der Waals surface area contributed by atoms with Gasteiger partial charge in [0, 0.05) is 25.1 Å². The summed E-state index contributed by atoms with van der Waals surface area (Å²) in [7, 11) is 0. The predicted molar refractivity (Wildman–Crippen MR) is 83.3 cm³/mol. The lowest BCUT2D eigenvalue weighted by Crippen LogP contribution is -2.37. The molecule has 2 heterocycles. The predicted octanol–water partition coefficient (Wildman–Crippen LogP) is 3.33. The number of ether oxygens (including phenoxy) is 2. The third-order valence-electron chi connectivity index (χ3n) is 4.30. The molecule has 22 heavy (non-hydrogen) atoms. The number of hydrogen-bond donors (Lipinski definition) is 0. The minimum absolute atomic E-state index is 0.0538. The molecule has 0 radical (unpaired) electrons. The Morgan fingerprint density at radius 1 is 1.00 bits per heavy atom. The average Bonchev–Trinajstić information content (AvgIpc) is 3.03. The van der Waals surface area contributed by atoms with Gasteiger partial charge in [0.2, 0.25) is 6.79 Å². The fraction of sp³-hybridized carbons (Fsp3) is 0.278. The second kappa shape index (κ2) is 5.37. The number of rotatable bonds is 2. The number of fused-ring (bicyclic) bond motifs is 1. The Balaban J connectivity index is 1.71. The van der Waals surface area contributed by atoms with Gasteiger partial charge in [-0.2, -0.15) is 0 Å². The number of carbonyl (C=O) groups excluding carboxylic acids is 1. The van der Waals surface area contributed by atoms with Gasteiger partial charge in [-0.25, -0.2) is 0 Å². The summed E-state index contributed by atoms with van der Waals surface area (Å²) in [5.74, 6) is 1.86. The molecule has 2 aliphatic heterocycles. The quantitative estimate of drug-likeness (QED) is 0.852. The second-order valence-corrected chi connectivity index (χ2v) is 5.65. The molecule has 2 aromatic rings. The van der Waals surface area contributed by atoms with Crippen LogP contribution in [0.3, 0.4) is 0 Å². The van der Waals surface area contributed by atoms with E-state index in [1.807, 2.05) is 36.4 Å².